The molecule has 86 valence electrons. The number of nitrogens with one attached hydrogen (secondary N) is 1. The van der Waals surface area contributed by atoms with Crippen molar-refractivity contribution in [3.63, 3.8) is 0 Å². The van der Waals surface area contributed by atoms with E-state index in [1.54, 1.807) is 0 Å². The number of alkyl halides is 3. The number of rotatable bonds is 1. The minimum absolute atomic E-state index is 0.0675. The zero-order valence-electron chi connectivity index (χ0n) is 8.10. The number of fused-ring (bicyclic) bond motifs is 1. The summed E-state index contributed by atoms with van der Waals surface area (Å²) in [5.74, 6) is -0.761. The van der Waals surface area contributed by atoms with Crippen LogP contribution in [0.1, 0.15) is 29.2 Å². The molecule has 16 heavy (non-hydrogen) atoms. The lowest BCUT2D eigenvalue weighted by Gasteiger charge is -2.13. The number of H-pyrrole nitrogens is 1. The van der Waals surface area contributed by atoms with E-state index in [4.69, 9.17) is 0 Å². The van der Waals surface area contributed by atoms with E-state index < -0.39 is 23.2 Å². The van der Waals surface area contributed by atoms with Gasteiger partial charge in [-0.15, -0.1) is 0 Å². The molecule has 1 unspecified atom stereocenters. The molecule has 1 atom stereocenters. The van der Waals surface area contributed by atoms with Crippen molar-refractivity contribution >= 4 is 6.29 Å². The fourth-order valence-corrected chi connectivity index (χ4v) is 2.06. The summed E-state index contributed by atoms with van der Waals surface area (Å²) in [7, 11) is 0. The van der Waals surface area contributed by atoms with Gasteiger partial charge in [0.1, 0.15) is 6.29 Å². The first-order chi connectivity index (χ1) is 7.43. The highest BCUT2D eigenvalue weighted by Gasteiger charge is 2.39. The lowest BCUT2D eigenvalue weighted by atomic mass is 9.99. The number of aryl methyl sites for hydroxylation is 1. The molecule has 0 radical (unpaired) electrons. The van der Waals surface area contributed by atoms with E-state index in [-0.39, 0.29) is 11.3 Å². The lowest BCUT2D eigenvalue weighted by molar-refractivity contribution is -0.138. The summed E-state index contributed by atoms with van der Waals surface area (Å²) in [6.45, 7) is 0. The molecule has 1 aliphatic rings. The summed E-state index contributed by atoms with van der Waals surface area (Å²) in [4.78, 5) is 24.1. The van der Waals surface area contributed by atoms with E-state index >= 15 is 0 Å². The average molecular weight is 231 g/mol. The SMILES string of the molecule is O=CC1CCc2[nH]c(=O)cc(C(F)(F)F)c21. The molecular formula is C10H8F3NO2. The van der Waals surface area contributed by atoms with Crippen molar-refractivity contribution < 1.29 is 18.0 Å². The van der Waals surface area contributed by atoms with Gasteiger partial charge < -0.3 is 9.78 Å². The standard InChI is InChI=1S/C10H8F3NO2/c11-10(12,13)6-3-8(16)14-7-2-1-5(4-15)9(6)7/h3-5H,1-2H2,(H,14,16). The maximum Gasteiger partial charge on any atom is 0.416 e. The molecule has 2 rings (SSSR count). The summed E-state index contributed by atoms with van der Waals surface area (Å²) >= 11 is 0. The third-order valence-electron chi connectivity index (χ3n) is 2.71. The number of halogens is 3. The molecule has 0 spiro atoms. The molecular weight excluding hydrogens is 223 g/mol. The van der Waals surface area contributed by atoms with Gasteiger partial charge in [-0.2, -0.15) is 13.2 Å². The zero-order chi connectivity index (χ0) is 11.9. The Hall–Kier alpha value is -1.59. The Bertz CT molecular complexity index is 490. The van der Waals surface area contributed by atoms with Crippen LogP contribution < -0.4 is 5.56 Å². The van der Waals surface area contributed by atoms with E-state index in [1.165, 1.54) is 0 Å². The van der Waals surface area contributed by atoms with Crippen LogP contribution in [0.15, 0.2) is 10.9 Å². The zero-order valence-corrected chi connectivity index (χ0v) is 8.10. The van der Waals surface area contributed by atoms with Gasteiger partial charge in [-0.1, -0.05) is 0 Å². The molecule has 1 aromatic rings. The van der Waals surface area contributed by atoms with Crippen molar-refractivity contribution in [1.82, 2.24) is 4.98 Å². The first-order valence-electron chi connectivity index (χ1n) is 4.72. The molecule has 0 amide bonds. The van der Waals surface area contributed by atoms with Crippen LogP contribution in [-0.2, 0) is 17.4 Å². The number of aldehydes is 1. The minimum Gasteiger partial charge on any atom is -0.326 e. The van der Waals surface area contributed by atoms with Gasteiger partial charge in [0.15, 0.2) is 0 Å². The Balaban J connectivity index is 2.70. The summed E-state index contributed by atoms with van der Waals surface area (Å²) in [5.41, 5.74) is -1.60. The van der Waals surface area contributed by atoms with Gasteiger partial charge in [0, 0.05) is 17.7 Å². The summed E-state index contributed by atoms with van der Waals surface area (Å²) < 4.78 is 38.0. The lowest BCUT2D eigenvalue weighted by Crippen LogP contribution is -2.18. The monoisotopic (exact) mass is 231 g/mol. The number of aromatic nitrogens is 1. The molecule has 1 heterocycles. The van der Waals surface area contributed by atoms with Crippen LogP contribution in [0.2, 0.25) is 0 Å². The first-order valence-corrected chi connectivity index (χ1v) is 4.72. The van der Waals surface area contributed by atoms with E-state index in [0.717, 1.165) is 0 Å². The van der Waals surface area contributed by atoms with Crippen LogP contribution in [0.4, 0.5) is 13.2 Å². The molecule has 0 saturated carbocycles. The van der Waals surface area contributed by atoms with Crippen molar-refractivity contribution in [2.75, 3.05) is 0 Å². The maximum absolute atomic E-state index is 12.7. The minimum atomic E-state index is -4.59. The van der Waals surface area contributed by atoms with Gasteiger partial charge in [0.05, 0.1) is 5.56 Å². The summed E-state index contributed by atoms with van der Waals surface area (Å²) in [5, 5.41) is 0. The Morgan fingerprint density at radius 3 is 2.69 bits per heavy atom. The second-order valence-corrected chi connectivity index (χ2v) is 3.72. The quantitative estimate of drug-likeness (QED) is 0.746. The molecule has 0 aliphatic heterocycles. The van der Waals surface area contributed by atoms with Gasteiger partial charge in [-0.05, 0) is 18.4 Å². The predicted octanol–water partition coefficient (Wildman–Crippen LogP) is 1.62. The van der Waals surface area contributed by atoms with Crippen LogP contribution in [0.5, 0.6) is 0 Å². The Morgan fingerprint density at radius 1 is 1.44 bits per heavy atom. The van der Waals surface area contributed by atoms with Gasteiger partial charge in [0.25, 0.3) is 0 Å². The number of aromatic amines is 1. The predicted molar refractivity (Wildman–Crippen MR) is 49.2 cm³/mol. The molecule has 0 fully saturated rings. The van der Waals surface area contributed by atoms with Crippen molar-refractivity contribution in [3.8, 4) is 0 Å². The van der Waals surface area contributed by atoms with Gasteiger partial charge in [-0.3, -0.25) is 4.79 Å². The highest BCUT2D eigenvalue weighted by atomic mass is 19.4. The molecule has 0 aromatic carbocycles. The van der Waals surface area contributed by atoms with Crippen LogP contribution in [0.3, 0.4) is 0 Å². The maximum atomic E-state index is 12.7. The Kier molecular flexibility index (Phi) is 2.36. The molecule has 6 heteroatoms. The molecule has 3 nitrogen and oxygen atoms in total. The fraction of sp³-hybridized carbons (Fsp3) is 0.400. The number of hydrogen-bond acceptors (Lipinski definition) is 2. The first kappa shape index (κ1) is 10.9. The largest absolute Gasteiger partial charge is 0.416 e. The highest BCUT2D eigenvalue weighted by molar-refractivity contribution is 5.66. The third-order valence-corrected chi connectivity index (χ3v) is 2.71. The highest BCUT2D eigenvalue weighted by Crippen LogP contribution is 2.39. The van der Waals surface area contributed by atoms with Crippen LogP contribution >= 0.6 is 0 Å². The molecule has 0 saturated heterocycles. The Morgan fingerprint density at radius 2 is 2.12 bits per heavy atom. The normalized spacial score (nSPS) is 19.6. The number of hydrogen-bond donors (Lipinski definition) is 1. The topological polar surface area (TPSA) is 49.9 Å². The molecule has 1 N–H and O–H groups in total. The van der Waals surface area contributed by atoms with E-state index in [2.05, 4.69) is 4.98 Å². The third kappa shape index (κ3) is 1.64. The van der Waals surface area contributed by atoms with Crippen molar-refractivity contribution in [2.45, 2.75) is 24.9 Å². The van der Waals surface area contributed by atoms with E-state index in [9.17, 15) is 22.8 Å². The average Bonchev–Trinajstić information content (AvgIpc) is 2.57. The van der Waals surface area contributed by atoms with Crippen molar-refractivity contribution in [3.05, 3.63) is 33.2 Å². The number of carbonyl (C=O) groups excluding carboxylic acids is 1. The summed E-state index contributed by atoms with van der Waals surface area (Å²) in [6, 6.07) is 0.515. The van der Waals surface area contributed by atoms with Crippen molar-refractivity contribution in [2.24, 2.45) is 0 Å². The molecule has 0 bridgehead atoms. The van der Waals surface area contributed by atoms with E-state index in [1.807, 2.05) is 0 Å². The van der Waals surface area contributed by atoms with Crippen LogP contribution in [0.25, 0.3) is 0 Å². The number of carbonyl (C=O) groups is 1. The number of pyridine rings is 1. The molecule has 1 aromatic heterocycles. The second kappa shape index (κ2) is 3.47. The summed E-state index contributed by atoms with van der Waals surface area (Å²) in [6.07, 6.45) is -3.47. The second-order valence-electron chi connectivity index (χ2n) is 3.72. The fourth-order valence-electron chi connectivity index (χ4n) is 2.06. The Labute approximate surface area is 88.3 Å². The van der Waals surface area contributed by atoms with Crippen molar-refractivity contribution in [1.29, 1.82) is 0 Å². The molecule has 1 aliphatic carbocycles. The smallest absolute Gasteiger partial charge is 0.326 e. The van der Waals surface area contributed by atoms with Gasteiger partial charge in [0.2, 0.25) is 5.56 Å². The van der Waals surface area contributed by atoms with E-state index in [0.29, 0.717) is 25.2 Å². The van der Waals surface area contributed by atoms with Crippen LogP contribution in [0, 0.1) is 0 Å². The van der Waals surface area contributed by atoms with Crippen LogP contribution in [-0.4, -0.2) is 11.3 Å². The van der Waals surface area contributed by atoms with Gasteiger partial charge >= 0.3 is 6.18 Å². The van der Waals surface area contributed by atoms with Gasteiger partial charge in [-0.25, -0.2) is 0 Å².